The number of esters is 1. The Balaban J connectivity index is 0. The lowest BCUT2D eigenvalue weighted by atomic mass is 9.98. The van der Waals surface area contributed by atoms with E-state index in [1.807, 2.05) is 0 Å². The SMILES string of the molecule is CCOC(=O)C[C@H](O)CC#N.CC[C@@H](C(=O)O)C(O)CC#N. The van der Waals surface area contributed by atoms with Gasteiger partial charge >= 0.3 is 11.9 Å². The third-order valence-corrected chi connectivity index (χ3v) is 2.56. The minimum atomic E-state index is -1.05. The number of aliphatic hydroxyl groups is 2. The van der Waals surface area contributed by atoms with Crippen LogP contribution in [0.2, 0.25) is 0 Å². The summed E-state index contributed by atoms with van der Waals surface area (Å²) in [5, 5.41) is 42.8. The van der Waals surface area contributed by atoms with Crippen LogP contribution in [-0.2, 0) is 14.3 Å². The van der Waals surface area contributed by atoms with Crippen molar-refractivity contribution in [2.75, 3.05) is 6.61 Å². The van der Waals surface area contributed by atoms with E-state index in [1.165, 1.54) is 0 Å². The summed E-state index contributed by atoms with van der Waals surface area (Å²) in [4.78, 5) is 21.0. The number of rotatable bonds is 8. The molecule has 0 aliphatic rings. The van der Waals surface area contributed by atoms with Gasteiger partial charge in [-0.25, -0.2) is 0 Å². The maximum atomic E-state index is 10.6. The summed E-state index contributed by atoms with van der Waals surface area (Å²) in [7, 11) is 0. The molecule has 0 radical (unpaired) electrons. The first-order chi connectivity index (χ1) is 10.3. The van der Waals surface area contributed by atoms with Crippen LogP contribution in [0.1, 0.15) is 39.5 Å². The van der Waals surface area contributed by atoms with E-state index in [-0.39, 0.29) is 19.3 Å². The molecule has 0 aliphatic carbocycles. The molecular weight excluding hydrogens is 292 g/mol. The number of carbonyl (C=O) groups excluding carboxylic acids is 1. The largest absolute Gasteiger partial charge is 0.481 e. The van der Waals surface area contributed by atoms with Crippen molar-refractivity contribution < 1.29 is 29.6 Å². The van der Waals surface area contributed by atoms with Crippen LogP contribution in [0, 0.1) is 28.6 Å². The molecule has 8 heteroatoms. The predicted molar refractivity (Wildman–Crippen MR) is 75.1 cm³/mol. The van der Waals surface area contributed by atoms with E-state index in [9.17, 15) is 9.59 Å². The molecule has 0 heterocycles. The van der Waals surface area contributed by atoms with E-state index in [4.69, 9.17) is 25.8 Å². The van der Waals surface area contributed by atoms with E-state index in [0.717, 1.165) is 0 Å². The highest BCUT2D eigenvalue weighted by molar-refractivity contribution is 5.70. The molecule has 0 saturated carbocycles. The highest BCUT2D eigenvalue weighted by Crippen LogP contribution is 2.11. The maximum absolute atomic E-state index is 10.6. The Kier molecular flexibility index (Phi) is 13.9. The molecule has 0 amide bonds. The Morgan fingerprint density at radius 1 is 1.14 bits per heavy atom. The number of hydrogen-bond acceptors (Lipinski definition) is 7. The van der Waals surface area contributed by atoms with E-state index >= 15 is 0 Å². The molecule has 0 aromatic heterocycles. The van der Waals surface area contributed by atoms with Crippen molar-refractivity contribution >= 4 is 11.9 Å². The lowest BCUT2D eigenvalue weighted by molar-refractivity contribution is -0.146. The van der Waals surface area contributed by atoms with Gasteiger partial charge in [-0.1, -0.05) is 6.92 Å². The van der Waals surface area contributed by atoms with Crippen LogP contribution >= 0.6 is 0 Å². The summed E-state index contributed by atoms with van der Waals surface area (Å²) in [6.45, 7) is 3.66. The minimum absolute atomic E-state index is 0.0290. The predicted octanol–water partition coefficient (Wildman–Crippen LogP) is 0.586. The molecule has 0 bridgehead atoms. The fraction of sp³-hybridized carbons (Fsp3) is 0.714. The van der Waals surface area contributed by atoms with Crippen LogP contribution < -0.4 is 0 Å². The van der Waals surface area contributed by atoms with Crippen molar-refractivity contribution in [2.45, 2.75) is 51.7 Å². The maximum Gasteiger partial charge on any atom is 0.309 e. The Morgan fingerprint density at radius 2 is 1.68 bits per heavy atom. The molecule has 0 aliphatic heterocycles. The van der Waals surface area contributed by atoms with Gasteiger partial charge in [0.1, 0.15) is 0 Å². The molecule has 0 aromatic rings. The fourth-order valence-electron chi connectivity index (χ4n) is 1.44. The first kappa shape index (κ1) is 22.1. The lowest BCUT2D eigenvalue weighted by Crippen LogP contribution is -2.26. The summed E-state index contributed by atoms with van der Waals surface area (Å²) in [6.07, 6.45) is -1.83. The molecule has 3 N–H and O–H groups in total. The number of hydrogen-bond donors (Lipinski definition) is 3. The number of carboxylic acids is 1. The van der Waals surface area contributed by atoms with Gasteiger partial charge in [-0.15, -0.1) is 0 Å². The Bertz CT molecular complexity index is 411. The first-order valence-corrected chi connectivity index (χ1v) is 6.82. The summed E-state index contributed by atoms with van der Waals surface area (Å²) in [6, 6.07) is 3.48. The fourth-order valence-corrected chi connectivity index (χ4v) is 1.44. The summed E-state index contributed by atoms with van der Waals surface area (Å²) in [5.41, 5.74) is 0. The minimum Gasteiger partial charge on any atom is -0.481 e. The van der Waals surface area contributed by atoms with Gasteiger partial charge in [-0.3, -0.25) is 9.59 Å². The average molecular weight is 314 g/mol. The van der Waals surface area contributed by atoms with Crippen molar-refractivity contribution in [3.05, 3.63) is 0 Å². The number of aliphatic carboxylic acids is 1. The Hall–Kier alpha value is -2.16. The molecule has 8 nitrogen and oxygen atoms in total. The van der Waals surface area contributed by atoms with Gasteiger partial charge in [-0.05, 0) is 13.3 Å². The molecule has 0 rings (SSSR count). The Labute approximate surface area is 129 Å². The van der Waals surface area contributed by atoms with Gasteiger partial charge < -0.3 is 20.1 Å². The smallest absolute Gasteiger partial charge is 0.309 e. The summed E-state index contributed by atoms with van der Waals surface area (Å²) >= 11 is 0. The zero-order valence-corrected chi connectivity index (χ0v) is 12.7. The third kappa shape index (κ3) is 11.6. The van der Waals surface area contributed by atoms with Crippen LogP contribution in [-0.4, -0.2) is 46.1 Å². The number of ether oxygens (including phenoxy) is 1. The highest BCUT2D eigenvalue weighted by Gasteiger charge is 2.23. The molecule has 22 heavy (non-hydrogen) atoms. The number of carboxylic acid groups (broad SMARTS) is 1. The molecule has 124 valence electrons. The standard InChI is InChI=1S/2C7H11NO3/c1-2-11-7(10)5-6(9)3-4-8;1-2-5(7(10)11)6(9)3-4-8/h6,9H,2-3,5H2,1H3;5-6,9H,2-3H2,1H3,(H,10,11)/t6-;5-,6?/m11/s1. The van der Waals surface area contributed by atoms with Crippen molar-refractivity contribution in [2.24, 2.45) is 5.92 Å². The average Bonchev–Trinajstić information content (AvgIpc) is 2.40. The van der Waals surface area contributed by atoms with Crippen LogP contribution in [0.3, 0.4) is 0 Å². The molecule has 0 saturated heterocycles. The normalized spacial score (nSPS) is 13.4. The van der Waals surface area contributed by atoms with Crippen molar-refractivity contribution in [3.63, 3.8) is 0 Å². The summed E-state index contributed by atoms with van der Waals surface area (Å²) < 4.78 is 4.55. The number of carbonyl (C=O) groups is 2. The number of nitriles is 2. The molecule has 3 atom stereocenters. The second kappa shape index (κ2) is 13.8. The van der Waals surface area contributed by atoms with Gasteiger partial charge in [0, 0.05) is 0 Å². The van der Waals surface area contributed by atoms with E-state index in [0.29, 0.717) is 13.0 Å². The van der Waals surface area contributed by atoms with E-state index in [2.05, 4.69) is 4.74 Å². The molecular formula is C14H22N2O6. The molecule has 0 spiro atoms. The second-order valence-corrected chi connectivity index (χ2v) is 4.31. The van der Waals surface area contributed by atoms with Crippen LogP contribution in [0.5, 0.6) is 0 Å². The molecule has 0 aromatic carbocycles. The molecule has 1 unspecified atom stereocenters. The third-order valence-electron chi connectivity index (χ3n) is 2.56. The summed E-state index contributed by atoms with van der Waals surface area (Å²) in [5.74, 6) is -2.32. The Morgan fingerprint density at radius 3 is 2.05 bits per heavy atom. The van der Waals surface area contributed by atoms with Gasteiger partial charge in [-0.2, -0.15) is 10.5 Å². The zero-order chi connectivity index (χ0) is 17.5. The van der Waals surface area contributed by atoms with Gasteiger partial charge in [0.25, 0.3) is 0 Å². The highest BCUT2D eigenvalue weighted by atomic mass is 16.5. The van der Waals surface area contributed by atoms with E-state index in [1.54, 1.807) is 26.0 Å². The van der Waals surface area contributed by atoms with Gasteiger partial charge in [0.15, 0.2) is 0 Å². The van der Waals surface area contributed by atoms with Crippen LogP contribution in [0.25, 0.3) is 0 Å². The zero-order valence-electron chi connectivity index (χ0n) is 12.7. The van der Waals surface area contributed by atoms with Crippen molar-refractivity contribution in [1.82, 2.24) is 0 Å². The van der Waals surface area contributed by atoms with Gasteiger partial charge in [0.05, 0.1) is 56.1 Å². The second-order valence-electron chi connectivity index (χ2n) is 4.31. The number of aliphatic hydroxyl groups excluding tert-OH is 2. The van der Waals surface area contributed by atoms with Crippen LogP contribution in [0.15, 0.2) is 0 Å². The monoisotopic (exact) mass is 314 g/mol. The van der Waals surface area contributed by atoms with Crippen molar-refractivity contribution in [3.8, 4) is 12.1 Å². The topological polar surface area (TPSA) is 152 Å². The molecule has 0 fully saturated rings. The van der Waals surface area contributed by atoms with Crippen molar-refractivity contribution in [1.29, 1.82) is 10.5 Å². The van der Waals surface area contributed by atoms with E-state index < -0.39 is 30.1 Å². The van der Waals surface area contributed by atoms with Crippen LogP contribution in [0.4, 0.5) is 0 Å². The number of nitrogens with zero attached hydrogens (tertiary/aromatic N) is 2. The first-order valence-electron chi connectivity index (χ1n) is 6.82. The van der Waals surface area contributed by atoms with Gasteiger partial charge in [0.2, 0.25) is 0 Å². The lowest BCUT2D eigenvalue weighted by Gasteiger charge is -2.13. The quantitative estimate of drug-likeness (QED) is 0.550.